The molecule has 0 amide bonds. The second kappa shape index (κ2) is 43.8. The SMILES string of the molecule is CN(C)C1CCN(S(=O)(=O)c2ccc(Nc3ncc4c(n3)N(C3CCCC3)c3ccccc3C(=O)C4)cc2)CC1.CN1CCN(S(=O)(=O)c2ccc(Nc3ncc4c(n3)N(C3CCCC3)c3ccccc3C(=O)C4)cc2)CC1.NS(=O)(=O)c1ccc(Nc2ncc3c(n2)N(C2CCCC2)c2ccccc2C(=O)C3)cc1.O=C1Cc2cnc(Nc3ccc(S(=O)(=O)N4CCC(O)CC4)cc3)nc2N(C2CCCC2)c2ccccc21. The molecule has 8 aromatic carbocycles. The van der Waals surface area contributed by atoms with Crippen molar-refractivity contribution < 1.29 is 58.0 Å². The Morgan fingerprint density at radius 3 is 0.797 bits per heavy atom. The van der Waals surface area contributed by atoms with E-state index in [0.29, 0.717) is 116 Å². The van der Waals surface area contributed by atoms with E-state index in [0.717, 1.165) is 208 Å². The highest BCUT2D eigenvalue weighted by molar-refractivity contribution is 7.90. The van der Waals surface area contributed by atoms with Crippen LogP contribution in [0.2, 0.25) is 0 Å². The lowest BCUT2D eigenvalue weighted by atomic mass is 10.0. The second-order valence-electron chi connectivity index (χ2n) is 40.0. The summed E-state index contributed by atoms with van der Waals surface area (Å²) in [7, 11) is -8.38. The molecule has 7 fully saturated rings. The number of carbonyl (C=O) groups is 4. The van der Waals surface area contributed by atoms with Crippen LogP contribution in [0.3, 0.4) is 0 Å². The zero-order valence-electron chi connectivity index (χ0n) is 83.0. The third-order valence-electron chi connectivity index (χ3n) is 30.0. The van der Waals surface area contributed by atoms with Crippen molar-refractivity contribution in [3.05, 3.63) is 263 Å². The van der Waals surface area contributed by atoms with Crippen LogP contribution in [0.25, 0.3) is 0 Å². The fraction of sp³-hybridized carbons (Fsp3) is 0.376. The Kier molecular flexibility index (Phi) is 30.2. The van der Waals surface area contributed by atoms with Crippen LogP contribution >= 0.6 is 0 Å². The van der Waals surface area contributed by atoms with Crippen molar-refractivity contribution in [3.63, 3.8) is 0 Å². The Hall–Kier alpha value is -13.3. The number of Topliss-reactive ketones (excluding diaryl/α,β-unsaturated/α-hetero) is 4. The number of piperazine rings is 1. The Morgan fingerprint density at radius 1 is 0.311 bits per heavy atom. The quantitative estimate of drug-likeness (QED) is 0.0413. The molecule has 0 unspecified atom stereocenters. The molecular weight excluding hydrogens is 1950 g/mol. The van der Waals surface area contributed by atoms with E-state index in [1.807, 2.05) is 118 Å². The average molecular weight is 2080 g/mol. The average Bonchev–Trinajstić information content (AvgIpc) is 1.62. The minimum atomic E-state index is -3.76. The first kappa shape index (κ1) is 102. The Balaban J connectivity index is 0.000000120. The van der Waals surface area contributed by atoms with Gasteiger partial charge in [0.15, 0.2) is 23.1 Å². The normalized spacial score (nSPS) is 18.5. The van der Waals surface area contributed by atoms with Crippen molar-refractivity contribution in [1.29, 1.82) is 0 Å². The summed E-state index contributed by atoms with van der Waals surface area (Å²) >= 11 is 0. The van der Waals surface area contributed by atoms with Crippen LogP contribution in [-0.4, -0.2) is 234 Å². The van der Waals surface area contributed by atoms with E-state index in [1.54, 1.807) is 118 Å². The summed E-state index contributed by atoms with van der Waals surface area (Å²) in [5, 5.41) is 27.7. The van der Waals surface area contributed by atoms with Gasteiger partial charge in [-0.1, -0.05) is 99.9 Å². The zero-order chi connectivity index (χ0) is 103. The highest BCUT2D eigenvalue weighted by Crippen LogP contribution is 2.48. The maximum atomic E-state index is 13.2. The first-order valence-electron chi connectivity index (χ1n) is 51.2. The van der Waals surface area contributed by atoms with E-state index in [9.17, 15) is 58.0 Å². The molecule has 770 valence electrons. The summed E-state index contributed by atoms with van der Waals surface area (Å²) in [6.07, 6.45) is 27.7. The molecule has 39 heteroatoms. The highest BCUT2D eigenvalue weighted by Gasteiger charge is 2.41. The zero-order valence-corrected chi connectivity index (χ0v) is 86.3. The monoisotopic (exact) mass is 2070 g/mol. The molecule has 4 aliphatic carbocycles. The number of likely N-dealkylation sites (N-methyl/N-ethyl adjacent to an activating group) is 1. The van der Waals surface area contributed by atoms with Crippen LogP contribution in [-0.2, 0) is 65.8 Å². The fourth-order valence-electron chi connectivity index (χ4n) is 22.0. The van der Waals surface area contributed by atoms with E-state index < -0.39 is 46.2 Å². The number of sulfonamides is 4. The number of aromatic nitrogens is 8. The number of hydrogen-bond donors (Lipinski definition) is 6. The highest BCUT2D eigenvalue weighted by atomic mass is 32.2. The first-order valence-corrected chi connectivity index (χ1v) is 57.0. The number of benzene rings is 8. The summed E-state index contributed by atoms with van der Waals surface area (Å²) in [5.41, 5.74) is 12.4. The molecule has 7 N–H and O–H groups in total. The van der Waals surface area contributed by atoms with Crippen molar-refractivity contribution in [2.45, 2.75) is 210 Å². The summed E-state index contributed by atoms with van der Waals surface area (Å²) in [6.45, 7) is 4.11. The van der Waals surface area contributed by atoms with Crippen molar-refractivity contribution in [3.8, 4) is 0 Å². The minimum absolute atomic E-state index is 0.0356. The van der Waals surface area contributed by atoms with Gasteiger partial charge in [0.1, 0.15) is 23.3 Å². The van der Waals surface area contributed by atoms with Gasteiger partial charge in [-0.05, 0) is 244 Å². The predicted molar refractivity (Wildman–Crippen MR) is 570 cm³/mol. The number of para-hydroxylation sites is 4. The Bertz CT molecular complexity index is 7200. The molecule has 35 nitrogen and oxygen atoms in total. The molecule has 148 heavy (non-hydrogen) atoms. The van der Waals surface area contributed by atoms with Crippen LogP contribution < -0.4 is 46.0 Å². The molecule has 0 radical (unpaired) electrons. The van der Waals surface area contributed by atoms with Crippen molar-refractivity contribution >= 4 is 156 Å². The van der Waals surface area contributed by atoms with Gasteiger partial charge in [-0.2, -0.15) is 32.9 Å². The summed E-state index contributed by atoms with van der Waals surface area (Å²) in [5.74, 6) is 4.88. The van der Waals surface area contributed by atoms with Crippen molar-refractivity contribution in [1.82, 2.24) is 62.6 Å². The van der Waals surface area contributed by atoms with E-state index in [2.05, 4.69) is 70.6 Å². The van der Waals surface area contributed by atoms with Gasteiger partial charge in [-0.15, -0.1) is 0 Å². The largest absolute Gasteiger partial charge is 0.393 e. The number of anilines is 16. The number of ketones is 4. The number of carbonyl (C=O) groups excluding carboxylic acids is 4. The van der Waals surface area contributed by atoms with E-state index in [1.165, 1.54) is 16.4 Å². The molecule has 11 aliphatic rings. The standard InChI is InChI=1S/C30H36N6O3S.C28H32N6O3S.C28H31N5O4S.C23H23N5O3S/c1-34(2)23-15-17-35(18-16-23)40(38,39)25-13-11-22(12-14-25)32-30-31-20-21-19-28(37)26-9-5-6-10-27(26)36(29(21)33-30)24-7-3-4-8-24;1-32-14-16-33(17-15-32)38(36,37)23-12-10-21(11-13-23)30-28-29-19-20-18-26(35)24-8-4-5-9-25(24)34(27(20)31-28)22-6-2-3-7-22;34-22-13-15-32(16-14-22)38(36,37)23-11-9-20(10-12-23)30-28-29-18-19-17-26(35)24-7-3-4-8-25(24)33(27(19)31-28)21-5-1-2-6-21;24-32(30,31)18-11-9-16(10-12-18)26-23-25-14-15-13-21(29)19-7-3-4-8-20(19)28(22(15)27-23)17-5-1-2-6-17/h5-6,9-14,20,23-24H,3-4,7-8,15-19H2,1-2H3,(H,31,32,33);4-5,8-13,19,22H,2-3,6-7,14-18H2,1H3,(H,29,30,31);3-4,7-12,18,21-22,34H,1-2,5-6,13-17H2,(H,29,30,31);3-4,7-12,14,17H,1-2,5-6,13H2,(H2,24,30,31)(H,25,26,27). The molecule has 0 bridgehead atoms. The second-order valence-corrected chi connectivity index (χ2v) is 47.3. The summed E-state index contributed by atoms with van der Waals surface area (Å²) in [6, 6.07) is 58.7. The number of nitrogens with two attached hydrogens (primary N) is 1. The van der Waals surface area contributed by atoms with Gasteiger partial charge >= 0.3 is 0 Å². The van der Waals surface area contributed by atoms with Crippen LogP contribution in [0.15, 0.2) is 238 Å². The van der Waals surface area contributed by atoms with Gasteiger partial charge in [0.2, 0.25) is 63.9 Å². The number of fused-ring (bicyclic) bond motifs is 8. The first-order chi connectivity index (χ1) is 71.5. The lowest BCUT2D eigenvalue weighted by Gasteiger charge is -2.34. The lowest BCUT2D eigenvalue weighted by molar-refractivity contribution is 0.0986. The third kappa shape index (κ3) is 22.1. The molecule has 4 aromatic heterocycles. The predicted octanol–water partition coefficient (Wildman–Crippen LogP) is 16.6. The summed E-state index contributed by atoms with van der Waals surface area (Å²) < 4.78 is 106. The number of nitrogens with one attached hydrogen (secondary N) is 4. The lowest BCUT2D eigenvalue weighted by Crippen LogP contribution is -2.46. The van der Waals surface area contributed by atoms with Crippen molar-refractivity contribution in [2.24, 2.45) is 5.14 Å². The molecule has 7 aliphatic heterocycles. The molecule has 11 heterocycles. The summed E-state index contributed by atoms with van der Waals surface area (Å²) in [4.78, 5) is 104. The van der Waals surface area contributed by atoms with Crippen LogP contribution in [0.1, 0.15) is 192 Å². The molecule has 4 saturated carbocycles. The molecule has 0 atom stereocenters. The Labute approximate surface area is 863 Å². The van der Waals surface area contributed by atoms with Crippen molar-refractivity contribution in [2.75, 3.05) is 114 Å². The molecule has 12 aromatic rings. The number of aliphatic hydroxyl groups excluding tert-OH is 1. The van der Waals surface area contributed by atoms with E-state index in [-0.39, 0.29) is 92.6 Å². The van der Waals surface area contributed by atoms with Gasteiger partial charge in [0, 0.05) is 200 Å². The van der Waals surface area contributed by atoms with Gasteiger partial charge < -0.3 is 55.8 Å². The van der Waals surface area contributed by atoms with Gasteiger partial charge in [-0.25, -0.2) is 58.7 Å². The molecule has 3 saturated heterocycles. The fourth-order valence-corrected chi connectivity index (χ4v) is 26.9. The number of aliphatic hydroxyl groups is 1. The number of nitrogens with zero attached hydrogens (tertiary/aromatic N) is 17. The van der Waals surface area contributed by atoms with Crippen LogP contribution in [0, 0.1) is 0 Å². The van der Waals surface area contributed by atoms with E-state index in [4.69, 9.17) is 25.1 Å². The third-order valence-corrected chi connectivity index (χ3v) is 36.7. The molecule has 0 spiro atoms. The maximum absolute atomic E-state index is 13.2. The Morgan fingerprint density at radius 2 is 0.547 bits per heavy atom. The number of piperidine rings is 2. The van der Waals surface area contributed by atoms with Crippen LogP contribution in [0.4, 0.5) is 92.6 Å². The van der Waals surface area contributed by atoms with Gasteiger partial charge in [0.25, 0.3) is 0 Å². The topological polar surface area (TPSA) is 431 Å². The van der Waals surface area contributed by atoms with Gasteiger partial charge in [-0.3, -0.25) is 19.2 Å². The van der Waals surface area contributed by atoms with Gasteiger partial charge in [0.05, 0.1) is 48.4 Å². The number of hydrogen-bond acceptors (Lipinski definition) is 31. The molecule has 23 rings (SSSR count). The number of rotatable bonds is 20. The number of primary sulfonamides is 1. The maximum Gasteiger partial charge on any atom is 0.243 e. The van der Waals surface area contributed by atoms with Crippen LogP contribution in [0.5, 0.6) is 0 Å². The molecular formula is C109H122N22O13S4. The van der Waals surface area contributed by atoms with E-state index >= 15 is 0 Å². The minimum Gasteiger partial charge on any atom is -0.393 e. The smallest absolute Gasteiger partial charge is 0.243 e.